The van der Waals surface area contributed by atoms with Gasteiger partial charge in [-0.05, 0) is 38.5 Å². The van der Waals surface area contributed by atoms with E-state index in [2.05, 4.69) is 22.5 Å². The second-order valence-corrected chi connectivity index (χ2v) is 8.45. The van der Waals surface area contributed by atoms with Gasteiger partial charge in [-0.15, -0.1) is 11.3 Å². The van der Waals surface area contributed by atoms with Crippen LogP contribution in [0, 0.1) is 12.8 Å². The molecular formula is C17H27N3S. The molecular weight excluding hydrogens is 278 g/mol. The van der Waals surface area contributed by atoms with Gasteiger partial charge in [-0.1, -0.05) is 19.3 Å². The molecule has 0 radical (unpaired) electrons. The van der Waals surface area contributed by atoms with Crippen LogP contribution >= 0.6 is 11.3 Å². The lowest BCUT2D eigenvalue weighted by molar-refractivity contribution is 0.0401. The molecule has 21 heavy (non-hydrogen) atoms. The van der Waals surface area contributed by atoms with Crippen molar-refractivity contribution in [1.82, 2.24) is 15.2 Å². The smallest absolute Gasteiger partial charge is 0.0897 e. The number of aromatic nitrogens is 1. The van der Waals surface area contributed by atoms with E-state index in [1.54, 1.807) is 11.3 Å². The molecule has 1 N–H and O–H groups in total. The van der Waals surface area contributed by atoms with E-state index in [0.29, 0.717) is 5.54 Å². The second kappa shape index (κ2) is 5.64. The minimum atomic E-state index is 0.411. The fraction of sp³-hybridized carbons (Fsp3) is 0.824. The standard InChI is InChI=1S/C17H27N3S/c1-13-19-15(11-21-13)10-20-12-17(7-3-2-4-8-17)18-9-16(20)14-5-6-14/h11,14,16,18H,2-10,12H2,1H3. The van der Waals surface area contributed by atoms with Crippen LogP contribution in [-0.2, 0) is 6.54 Å². The Hall–Kier alpha value is -0.450. The summed E-state index contributed by atoms with van der Waals surface area (Å²) in [6.45, 7) is 5.63. The largest absolute Gasteiger partial charge is 0.308 e. The molecule has 1 unspecified atom stereocenters. The van der Waals surface area contributed by atoms with Crippen molar-refractivity contribution < 1.29 is 0 Å². The lowest BCUT2D eigenvalue weighted by Gasteiger charge is -2.50. The van der Waals surface area contributed by atoms with Crippen molar-refractivity contribution in [3.63, 3.8) is 0 Å². The predicted octanol–water partition coefficient (Wildman–Crippen LogP) is 3.34. The van der Waals surface area contributed by atoms with Gasteiger partial charge in [0.05, 0.1) is 10.7 Å². The zero-order chi connectivity index (χ0) is 14.3. The van der Waals surface area contributed by atoms with Crippen molar-refractivity contribution >= 4 is 11.3 Å². The average molecular weight is 305 g/mol. The molecule has 1 aromatic rings. The number of aryl methyl sites for hydroxylation is 1. The van der Waals surface area contributed by atoms with Gasteiger partial charge in [-0.2, -0.15) is 0 Å². The Bertz CT molecular complexity index is 488. The predicted molar refractivity (Wildman–Crippen MR) is 87.6 cm³/mol. The molecule has 4 heteroatoms. The second-order valence-electron chi connectivity index (χ2n) is 7.39. The molecule has 1 atom stereocenters. The van der Waals surface area contributed by atoms with Crippen molar-refractivity contribution in [3.8, 4) is 0 Å². The molecule has 1 saturated heterocycles. The van der Waals surface area contributed by atoms with E-state index < -0.39 is 0 Å². The number of nitrogens with zero attached hydrogens (tertiary/aromatic N) is 2. The molecule has 1 aliphatic heterocycles. The number of thiazole rings is 1. The third-order valence-electron chi connectivity index (χ3n) is 5.67. The van der Waals surface area contributed by atoms with E-state index in [4.69, 9.17) is 4.98 Å². The summed E-state index contributed by atoms with van der Waals surface area (Å²) in [7, 11) is 0. The molecule has 4 rings (SSSR count). The molecule has 2 aliphatic carbocycles. The zero-order valence-electron chi connectivity index (χ0n) is 13.1. The maximum absolute atomic E-state index is 4.71. The van der Waals surface area contributed by atoms with Crippen LogP contribution in [0.2, 0.25) is 0 Å². The molecule has 2 heterocycles. The molecule has 3 aliphatic rings. The van der Waals surface area contributed by atoms with Crippen LogP contribution < -0.4 is 5.32 Å². The van der Waals surface area contributed by atoms with Crippen LogP contribution in [0.25, 0.3) is 0 Å². The highest BCUT2D eigenvalue weighted by Gasteiger charge is 2.44. The molecule has 116 valence electrons. The van der Waals surface area contributed by atoms with Crippen molar-refractivity contribution in [3.05, 3.63) is 16.1 Å². The van der Waals surface area contributed by atoms with Gasteiger partial charge in [-0.25, -0.2) is 4.98 Å². The summed E-state index contributed by atoms with van der Waals surface area (Å²) < 4.78 is 0. The highest BCUT2D eigenvalue weighted by Crippen LogP contribution is 2.40. The molecule has 3 nitrogen and oxygen atoms in total. The van der Waals surface area contributed by atoms with E-state index in [1.165, 1.54) is 68.7 Å². The summed E-state index contributed by atoms with van der Waals surface area (Å²) in [6.07, 6.45) is 9.86. The Morgan fingerprint density at radius 2 is 2.14 bits per heavy atom. The van der Waals surface area contributed by atoms with Gasteiger partial charge in [0.15, 0.2) is 0 Å². The van der Waals surface area contributed by atoms with Crippen molar-refractivity contribution in [2.45, 2.75) is 70.0 Å². The maximum Gasteiger partial charge on any atom is 0.0897 e. The zero-order valence-corrected chi connectivity index (χ0v) is 13.9. The molecule has 1 spiro atoms. The highest BCUT2D eigenvalue weighted by molar-refractivity contribution is 7.09. The number of nitrogens with one attached hydrogen (secondary N) is 1. The molecule has 0 amide bonds. The van der Waals surface area contributed by atoms with Crippen LogP contribution in [0.1, 0.15) is 55.6 Å². The van der Waals surface area contributed by atoms with Crippen LogP contribution in [0.15, 0.2) is 5.38 Å². The van der Waals surface area contributed by atoms with Crippen LogP contribution in [-0.4, -0.2) is 34.6 Å². The normalized spacial score (nSPS) is 29.9. The van der Waals surface area contributed by atoms with Crippen LogP contribution in [0.4, 0.5) is 0 Å². The monoisotopic (exact) mass is 305 g/mol. The SMILES string of the molecule is Cc1nc(CN2CC3(CCCCC3)NCC2C2CC2)cs1. The number of hydrogen-bond donors (Lipinski definition) is 1. The van der Waals surface area contributed by atoms with Gasteiger partial charge in [0.2, 0.25) is 0 Å². The van der Waals surface area contributed by atoms with Crippen molar-refractivity contribution in [2.24, 2.45) is 5.92 Å². The van der Waals surface area contributed by atoms with Gasteiger partial charge in [-0.3, -0.25) is 4.90 Å². The van der Waals surface area contributed by atoms with Gasteiger partial charge >= 0.3 is 0 Å². The quantitative estimate of drug-likeness (QED) is 0.928. The van der Waals surface area contributed by atoms with Crippen molar-refractivity contribution in [2.75, 3.05) is 13.1 Å². The topological polar surface area (TPSA) is 28.2 Å². The number of rotatable bonds is 3. The molecule has 0 aromatic carbocycles. The minimum absolute atomic E-state index is 0.411. The third kappa shape index (κ3) is 3.03. The van der Waals surface area contributed by atoms with Gasteiger partial charge < -0.3 is 5.32 Å². The Morgan fingerprint density at radius 1 is 1.33 bits per heavy atom. The highest BCUT2D eigenvalue weighted by atomic mass is 32.1. The summed E-state index contributed by atoms with van der Waals surface area (Å²) in [4.78, 5) is 7.48. The fourth-order valence-corrected chi connectivity index (χ4v) is 4.99. The third-order valence-corrected chi connectivity index (χ3v) is 6.49. The van der Waals surface area contributed by atoms with E-state index in [9.17, 15) is 0 Å². The van der Waals surface area contributed by atoms with E-state index >= 15 is 0 Å². The summed E-state index contributed by atoms with van der Waals surface area (Å²) in [5, 5.41) is 7.43. The Morgan fingerprint density at radius 3 is 2.81 bits per heavy atom. The lowest BCUT2D eigenvalue weighted by Crippen LogP contribution is -2.65. The van der Waals surface area contributed by atoms with E-state index in [-0.39, 0.29) is 0 Å². The first-order valence-corrected chi connectivity index (χ1v) is 9.52. The van der Waals surface area contributed by atoms with Gasteiger partial charge in [0.25, 0.3) is 0 Å². The molecule has 1 aromatic heterocycles. The number of piperazine rings is 1. The van der Waals surface area contributed by atoms with Crippen LogP contribution in [0.3, 0.4) is 0 Å². The first kappa shape index (κ1) is 14.2. The molecule has 0 bridgehead atoms. The summed E-state index contributed by atoms with van der Waals surface area (Å²) in [6, 6.07) is 0.750. The minimum Gasteiger partial charge on any atom is -0.308 e. The fourth-order valence-electron chi connectivity index (χ4n) is 4.38. The van der Waals surface area contributed by atoms with Gasteiger partial charge in [0.1, 0.15) is 0 Å². The molecule has 3 fully saturated rings. The Labute approximate surface area is 132 Å². The lowest BCUT2D eigenvalue weighted by atomic mass is 9.79. The summed E-state index contributed by atoms with van der Waals surface area (Å²) >= 11 is 1.79. The van der Waals surface area contributed by atoms with Crippen LogP contribution in [0.5, 0.6) is 0 Å². The van der Waals surface area contributed by atoms with E-state index in [1.807, 2.05) is 0 Å². The summed E-state index contributed by atoms with van der Waals surface area (Å²) in [5.41, 5.74) is 1.70. The Kier molecular flexibility index (Phi) is 3.80. The van der Waals surface area contributed by atoms with Crippen molar-refractivity contribution in [1.29, 1.82) is 0 Å². The average Bonchev–Trinajstić information content (AvgIpc) is 3.23. The summed E-state index contributed by atoms with van der Waals surface area (Å²) in [5.74, 6) is 0.943. The first-order valence-electron chi connectivity index (χ1n) is 8.64. The Balaban J connectivity index is 1.50. The van der Waals surface area contributed by atoms with Gasteiger partial charge in [0, 0.05) is 36.6 Å². The molecule has 2 saturated carbocycles. The maximum atomic E-state index is 4.71. The first-order chi connectivity index (χ1) is 10.2. The van der Waals surface area contributed by atoms with E-state index in [0.717, 1.165) is 18.5 Å². The number of hydrogen-bond acceptors (Lipinski definition) is 4.